The molecule has 2 aromatic rings. The number of rotatable bonds is 9. The van der Waals surface area contributed by atoms with Crippen molar-refractivity contribution < 1.29 is 13.9 Å². The Kier molecular flexibility index (Phi) is 11.3. The molecule has 0 aliphatic rings. The fourth-order valence-corrected chi connectivity index (χ4v) is 2.61. The first kappa shape index (κ1) is 24.0. The number of benzene rings is 2. The van der Waals surface area contributed by atoms with Crippen molar-refractivity contribution in [3.8, 4) is 11.5 Å². The molecule has 5 nitrogen and oxygen atoms in total. The lowest BCUT2D eigenvalue weighted by Gasteiger charge is -2.13. The molecule has 0 aliphatic heterocycles. The summed E-state index contributed by atoms with van der Waals surface area (Å²) in [5, 5.41) is 6.45. The zero-order chi connectivity index (χ0) is 19.5. The molecule has 0 spiro atoms. The third kappa shape index (κ3) is 7.53. The lowest BCUT2D eigenvalue weighted by atomic mass is 10.1. The Morgan fingerprint density at radius 1 is 1.07 bits per heavy atom. The van der Waals surface area contributed by atoms with E-state index in [4.69, 9.17) is 9.47 Å². The Morgan fingerprint density at radius 3 is 2.54 bits per heavy atom. The molecule has 2 N–H and O–H groups in total. The summed E-state index contributed by atoms with van der Waals surface area (Å²) in [5.41, 5.74) is 1.71. The van der Waals surface area contributed by atoms with E-state index in [0.717, 1.165) is 17.9 Å². The molecule has 0 bridgehead atoms. The Bertz CT molecular complexity index is 756. The van der Waals surface area contributed by atoms with E-state index in [1.165, 1.54) is 6.07 Å². The van der Waals surface area contributed by atoms with Gasteiger partial charge in [-0.1, -0.05) is 24.3 Å². The summed E-state index contributed by atoms with van der Waals surface area (Å²) in [4.78, 5) is 4.59. The normalized spacial score (nSPS) is 10.8. The van der Waals surface area contributed by atoms with Crippen molar-refractivity contribution in [1.29, 1.82) is 0 Å². The van der Waals surface area contributed by atoms with Crippen LogP contribution in [0.3, 0.4) is 0 Å². The van der Waals surface area contributed by atoms with Crippen LogP contribution in [-0.2, 0) is 13.0 Å². The minimum atomic E-state index is -0.178. The summed E-state index contributed by atoms with van der Waals surface area (Å²) < 4.78 is 24.6. The number of hydrogen-bond donors (Lipinski definition) is 2. The predicted octanol–water partition coefficient (Wildman–Crippen LogP) is 4.15. The molecular formula is C21H29FIN3O2. The summed E-state index contributed by atoms with van der Waals surface area (Å²) in [7, 11) is 1.62. The monoisotopic (exact) mass is 501 g/mol. The van der Waals surface area contributed by atoms with Gasteiger partial charge in [0, 0.05) is 13.1 Å². The van der Waals surface area contributed by atoms with E-state index in [1.807, 2.05) is 38.1 Å². The van der Waals surface area contributed by atoms with Crippen molar-refractivity contribution >= 4 is 29.9 Å². The van der Waals surface area contributed by atoms with E-state index >= 15 is 0 Å². The Hall–Kier alpha value is -2.03. The zero-order valence-corrected chi connectivity index (χ0v) is 19.0. The van der Waals surface area contributed by atoms with Gasteiger partial charge < -0.3 is 20.1 Å². The molecule has 2 rings (SSSR count). The average Bonchev–Trinajstić information content (AvgIpc) is 2.68. The lowest BCUT2D eigenvalue weighted by Crippen LogP contribution is -2.38. The van der Waals surface area contributed by atoms with E-state index in [2.05, 4.69) is 15.6 Å². The topological polar surface area (TPSA) is 54.9 Å². The van der Waals surface area contributed by atoms with Crippen molar-refractivity contribution in [3.05, 3.63) is 59.4 Å². The summed E-state index contributed by atoms with van der Waals surface area (Å²) in [5.74, 6) is 1.94. The van der Waals surface area contributed by atoms with E-state index in [-0.39, 0.29) is 29.8 Å². The molecular weight excluding hydrogens is 472 g/mol. The number of nitrogens with zero attached hydrogens (tertiary/aromatic N) is 1. The van der Waals surface area contributed by atoms with Gasteiger partial charge in [-0.2, -0.15) is 0 Å². The fourth-order valence-electron chi connectivity index (χ4n) is 2.61. The van der Waals surface area contributed by atoms with Crippen LogP contribution >= 0.6 is 24.0 Å². The van der Waals surface area contributed by atoms with Gasteiger partial charge in [0.1, 0.15) is 5.82 Å². The predicted molar refractivity (Wildman–Crippen MR) is 123 cm³/mol. The number of halogens is 2. The maximum absolute atomic E-state index is 13.7. The van der Waals surface area contributed by atoms with Crippen LogP contribution in [0, 0.1) is 5.82 Å². The van der Waals surface area contributed by atoms with Gasteiger partial charge in [0.25, 0.3) is 0 Å². The largest absolute Gasteiger partial charge is 0.493 e. The van der Waals surface area contributed by atoms with Gasteiger partial charge in [0.05, 0.1) is 20.3 Å². The Morgan fingerprint density at radius 2 is 1.86 bits per heavy atom. The Balaban J connectivity index is 0.00000392. The van der Waals surface area contributed by atoms with Crippen LogP contribution in [-0.4, -0.2) is 32.8 Å². The first-order valence-corrected chi connectivity index (χ1v) is 9.23. The molecule has 154 valence electrons. The van der Waals surface area contributed by atoms with Crippen LogP contribution in [0.25, 0.3) is 0 Å². The third-order valence-corrected chi connectivity index (χ3v) is 3.94. The molecule has 0 aromatic heterocycles. The van der Waals surface area contributed by atoms with Gasteiger partial charge >= 0.3 is 0 Å². The van der Waals surface area contributed by atoms with Crippen LogP contribution in [0.5, 0.6) is 11.5 Å². The van der Waals surface area contributed by atoms with Crippen LogP contribution in [0.4, 0.5) is 4.39 Å². The molecule has 0 radical (unpaired) electrons. The second-order valence-corrected chi connectivity index (χ2v) is 5.88. The molecule has 0 saturated heterocycles. The summed E-state index contributed by atoms with van der Waals surface area (Å²) in [6.45, 7) is 6.38. The number of hydrogen-bond acceptors (Lipinski definition) is 3. The van der Waals surface area contributed by atoms with Crippen LogP contribution in [0.1, 0.15) is 25.0 Å². The van der Waals surface area contributed by atoms with E-state index in [9.17, 15) is 4.39 Å². The van der Waals surface area contributed by atoms with Crippen molar-refractivity contribution in [2.75, 3.05) is 26.8 Å². The van der Waals surface area contributed by atoms with Crippen molar-refractivity contribution in [2.45, 2.75) is 26.8 Å². The maximum atomic E-state index is 13.7. The maximum Gasteiger partial charge on any atom is 0.191 e. The molecule has 0 amide bonds. The molecule has 28 heavy (non-hydrogen) atoms. The quantitative estimate of drug-likeness (QED) is 0.308. The van der Waals surface area contributed by atoms with Gasteiger partial charge in [-0.3, -0.25) is 0 Å². The van der Waals surface area contributed by atoms with Gasteiger partial charge in [-0.25, -0.2) is 9.38 Å². The molecule has 0 fully saturated rings. The minimum Gasteiger partial charge on any atom is -0.493 e. The standard InChI is InChI=1S/C21H28FN3O2.HI/c1-4-23-21(24-13-12-17-8-6-7-9-18(17)22)25-15-16-10-11-19(27-5-2)20(14-16)26-3;/h6-11,14H,4-5,12-13,15H2,1-3H3,(H2,23,24,25);1H. The van der Waals surface area contributed by atoms with Gasteiger partial charge in [-0.05, 0) is 49.6 Å². The second-order valence-electron chi connectivity index (χ2n) is 5.88. The number of nitrogens with one attached hydrogen (secondary N) is 2. The van der Waals surface area contributed by atoms with Gasteiger partial charge in [0.15, 0.2) is 17.5 Å². The van der Waals surface area contributed by atoms with Crippen molar-refractivity contribution in [3.63, 3.8) is 0 Å². The number of ether oxygens (including phenoxy) is 2. The molecule has 0 unspecified atom stereocenters. The van der Waals surface area contributed by atoms with E-state index in [1.54, 1.807) is 19.2 Å². The zero-order valence-electron chi connectivity index (χ0n) is 16.6. The highest BCUT2D eigenvalue weighted by Gasteiger charge is 2.06. The molecule has 0 aliphatic carbocycles. The smallest absolute Gasteiger partial charge is 0.191 e. The molecule has 0 atom stereocenters. The highest BCUT2D eigenvalue weighted by atomic mass is 127. The lowest BCUT2D eigenvalue weighted by molar-refractivity contribution is 0.310. The van der Waals surface area contributed by atoms with Crippen LogP contribution in [0.2, 0.25) is 0 Å². The average molecular weight is 501 g/mol. The van der Waals surface area contributed by atoms with Crippen LogP contribution < -0.4 is 20.1 Å². The number of guanidine groups is 1. The fraction of sp³-hybridized carbons (Fsp3) is 0.381. The highest BCUT2D eigenvalue weighted by Crippen LogP contribution is 2.28. The molecule has 2 aromatic carbocycles. The first-order valence-electron chi connectivity index (χ1n) is 9.23. The summed E-state index contributed by atoms with van der Waals surface area (Å²) in [6.07, 6.45) is 0.591. The van der Waals surface area contributed by atoms with Crippen LogP contribution in [0.15, 0.2) is 47.5 Å². The van der Waals surface area contributed by atoms with E-state index in [0.29, 0.717) is 43.4 Å². The molecule has 0 saturated carbocycles. The second kappa shape index (κ2) is 13.2. The highest BCUT2D eigenvalue weighted by molar-refractivity contribution is 14.0. The van der Waals surface area contributed by atoms with Gasteiger partial charge in [0.2, 0.25) is 0 Å². The van der Waals surface area contributed by atoms with E-state index < -0.39 is 0 Å². The number of methoxy groups -OCH3 is 1. The minimum absolute atomic E-state index is 0. The third-order valence-electron chi connectivity index (χ3n) is 3.94. The summed E-state index contributed by atoms with van der Waals surface area (Å²) in [6, 6.07) is 12.6. The Labute approximate surface area is 183 Å². The van der Waals surface area contributed by atoms with Crippen molar-refractivity contribution in [2.24, 2.45) is 4.99 Å². The first-order chi connectivity index (χ1) is 13.2. The SMILES string of the molecule is CCNC(=NCc1ccc(OCC)c(OC)c1)NCCc1ccccc1F.I. The summed E-state index contributed by atoms with van der Waals surface area (Å²) >= 11 is 0. The number of aliphatic imine (C=N–C) groups is 1. The molecule has 7 heteroatoms. The molecule has 0 heterocycles. The van der Waals surface area contributed by atoms with Crippen molar-refractivity contribution in [1.82, 2.24) is 10.6 Å². The van der Waals surface area contributed by atoms with Gasteiger partial charge in [-0.15, -0.1) is 24.0 Å².